The zero-order valence-electron chi connectivity index (χ0n) is 12.4. The molecule has 2 amide bonds. The van der Waals surface area contributed by atoms with E-state index in [0.717, 1.165) is 17.0 Å². The number of anilines is 1. The summed E-state index contributed by atoms with van der Waals surface area (Å²) in [5.74, 6) is -2.26. The maximum atomic E-state index is 13.5. The van der Waals surface area contributed by atoms with Gasteiger partial charge in [-0.3, -0.25) is 9.59 Å². The van der Waals surface area contributed by atoms with Crippen LogP contribution in [0.15, 0.2) is 18.2 Å². The summed E-state index contributed by atoms with van der Waals surface area (Å²) in [6, 6.07) is 2.63. The summed E-state index contributed by atoms with van der Waals surface area (Å²) in [7, 11) is 0. The Hall–Kier alpha value is -2.02. The summed E-state index contributed by atoms with van der Waals surface area (Å²) < 4.78 is 26.4. The molecule has 4 N–H and O–H groups in total. The van der Waals surface area contributed by atoms with Crippen LogP contribution in [0.1, 0.15) is 19.8 Å². The number of benzene rings is 1. The average molecular weight is 312 g/mol. The Kier molecular flexibility index (Phi) is 5.07. The highest BCUT2D eigenvalue weighted by Crippen LogP contribution is 2.15. The molecule has 1 aliphatic rings. The lowest BCUT2D eigenvalue weighted by Crippen LogP contribution is -3.17. The number of hydrogen-bond acceptors (Lipinski definition) is 2. The van der Waals surface area contributed by atoms with E-state index in [-0.39, 0.29) is 23.4 Å². The number of hydrogen-bond donors (Lipinski definition) is 3. The number of halogens is 2. The molecular weight excluding hydrogens is 292 g/mol. The average Bonchev–Trinajstić information content (AvgIpc) is 2.49. The van der Waals surface area contributed by atoms with Gasteiger partial charge in [0.05, 0.1) is 18.8 Å². The largest absolute Gasteiger partial charge is 0.369 e. The second-order valence-corrected chi connectivity index (χ2v) is 5.67. The molecule has 1 heterocycles. The molecule has 0 spiro atoms. The molecule has 1 saturated heterocycles. The fourth-order valence-corrected chi connectivity index (χ4v) is 2.72. The van der Waals surface area contributed by atoms with E-state index in [0.29, 0.717) is 25.9 Å². The number of carbonyl (C=O) groups excluding carboxylic acids is 2. The van der Waals surface area contributed by atoms with Gasteiger partial charge in [0.1, 0.15) is 11.6 Å². The van der Waals surface area contributed by atoms with Crippen molar-refractivity contribution in [2.45, 2.75) is 25.8 Å². The Labute approximate surface area is 127 Å². The Morgan fingerprint density at radius 3 is 2.50 bits per heavy atom. The first-order chi connectivity index (χ1) is 10.4. The summed E-state index contributed by atoms with van der Waals surface area (Å²) >= 11 is 0. The van der Waals surface area contributed by atoms with Crippen molar-refractivity contribution in [3.8, 4) is 0 Å². The minimum absolute atomic E-state index is 0.0373. The summed E-state index contributed by atoms with van der Waals surface area (Å²) in [4.78, 5) is 24.3. The lowest BCUT2D eigenvalue weighted by atomic mass is 9.95. The SMILES string of the molecule is C[C@@H](C(=O)Nc1ccc(F)cc1F)[NH+]1CCC(C(N)=O)CC1. The first-order valence-electron chi connectivity index (χ1n) is 7.28. The third-order valence-electron chi connectivity index (χ3n) is 4.22. The van der Waals surface area contributed by atoms with Gasteiger partial charge in [-0.25, -0.2) is 8.78 Å². The van der Waals surface area contributed by atoms with E-state index in [1.165, 1.54) is 6.07 Å². The molecule has 0 bridgehead atoms. The lowest BCUT2D eigenvalue weighted by molar-refractivity contribution is -0.919. The van der Waals surface area contributed by atoms with Crippen LogP contribution in [0.3, 0.4) is 0 Å². The van der Waals surface area contributed by atoms with Crippen molar-refractivity contribution >= 4 is 17.5 Å². The van der Waals surface area contributed by atoms with Crippen molar-refractivity contribution < 1.29 is 23.3 Å². The quantitative estimate of drug-likeness (QED) is 0.736. The predicted molar refractivity (Wildman–Crippen MR) is 77.1 cm³/mol. The number of piperidine rings is 1. The molecule has 5 nitrogen and oxygen atoms in total. The van der Waals surface area contributed by atoms with Crippen LogP contribution in [0.4, 0.5) is 14.5 Å². The third kappa shape index (κ3) is 3.79. The van der Waals surface area contributed by atoms with Gasteiger partial charge in [0.15, 0.2) is 6.04 Å². The smallest absolute Gasteiger partial charge is 0.282 e. The molecule has 2 rings (SSSR count). The molecule has 7 heteroatoms. The number of nitrogens with two attached hydrogens (primary N) is 1. The molecule has 1 aromatic carbocycles. The van der Waals surface area contributed by atoms with Gasteiger partial charge < -0.3 is 16.0 Å². The van der Waals surface area contributed by atoms with E-state index in [1.54, 1.807) is 6.92 Å². The van der Waals surface area contributed by atoms with E-state index in [2.05, 4.69) is 5.32 Å². The van der Waals surface area contributed by atoms with Crippen molar-refractivity contribution in [2.24, 2.45) is 11.7 Å². The Morgan fingerprint density at radius 1 is 1.32 bits per heavy atom. The monoisotopic (exact) mass is 312 g/mol. The van der Waals surface area contributed by atoms with Gasteiger partial charge in [0, 0.05) is 24.8 Å². The Morgan fingerprint density at radius 2 is 1.95 bits per heavy atom. The number of carbonyl (C=O) groups is 2. The number of rotatable bonds is 4. The zero-order chi connectivity index (χ0) is 16.3. The van der Waals surface area contributed by atoms with E-state index < -0.39 is 17.7 Å². The van der Waals surface area contributed by atoms with Crippen LogP contribution in [-0.4, -0.2) is 30.9 Å². The van der Waals surface area contributed by atoms with E-state index in [1.807, 2.05) is 0 Å². The van der Waals surface area contributed by atoms with Crippen LogP contribution in [0.2, 0.25) is 0 Å². The van der Waals surface area contributed by atoms with Crippen molar-refractivity contribution in [1.29, 1.82) is 0 Å². The molecule has 120 valence electrons. The fourth-order valence-electron chi connectivity index (χ4n) is 2.72. The van der Waals surface area contributed by atoms with Crippen LogP contribution in [-0.2, 0) is 9.59 Å². The van der Waals surface area contributed by atoms with E-state index >= 15 is 0 Å². The molecule has 0 unspecified atom stereocenters. The van der Waals surface area contributed by atoms with Crippen LogP contribution in [0.5, 0.6) is 0 Å². The first-order valence-corrected chi connectivity index (χ1v) is 7.28. The topological polar surface area (TPSA) is 76.6 Å². The van der Waals surface area contributed by atoms with Crippen LogP contribution in [0, 0.1) is 17.6 Å². The molecule has 0 radical (unpaired) electrons. The minimum Gasteiger partial charge on any atom is -0.369 e. The van der Waals surface area contributed by atoms with Gasteiger partial charge in [0.2, 0.25) is 5.91 Å². The maximum absolute atomic E-state index is 13.5. The van der Waals surface area contributed by atoms with Crippen molar-refractivity contribution in [3.05, 3.63) is 29.8 Å². The number of quaternary nitrogens is 1. The predicted octanol–water partition coefficient (Wildman–Crippen LogP) is 0.0720. The summed E-state index contributed by atoms with van der Waals surface area (Å²) in [6.07, 6.45) is 1.29. The van der Waals surface area contributed by atoms with Crippen molar-refractivity contribution in [1.82, 2.24) is 0 Å². The molecule has 1 fully saturated rings. The van der Waals surface area contributed by atoms with Crippen LogP contribution in [0.25, 0.3) is 0 Å². The van der Waals surface area contributed by atoms with Gasteiger partial charge in [-0.2, -0.15) is 0 Å². The Balaban J connectivity index is 1.94. The van der Waals surface area contributed by atoms with Gasteiger partial charge >= 0.3 is 0 Å². The van der Waals surface area contributed by atoms with E-state index in [9.17, 15) is 18.4 Å². The summed E-state index contributed by atoms with van der Waals surface area (Å²) in [5, 5.41) is 2.48. The first kappa shape index (κ1) is 16.4. The minimum atomic E-state index is -0.803. The molecule has 0 aromatic heterocycles. The molecule has 22 heavy (non-hydrogen) atoms. The molecule has 1 aliphatic heterocycles. The highest BCUT2D eigenvalue weighted by atomic mass is 19.1. The fraction of sp³-hybridized carbons (Fsp3) is 0.467. The summed E-state index contributed by atoms with van der Waals surface area (Å²) in [5.41, 5.74) is 5.24. The molecule has 1 aromatic rings. The van der Waals surface area contributed by atoms with Crippen LogP contribution < -0.4 is 16.0 Å². The van der Waals surface area contributed by atoms with Gasteiger partial charge in [-0.1, -0.05) is 0 Å². The second kappa shape index (κ2) is 6.83. The van der Waals surface area contributed by atoms with Crippen molar-refractivity contribution in [2.75, 3.05) is 18.4 Å². The lowest BCUT2D eigenvalue weighted by Gasteiger charge is -2.31. The van der Waals surface area contributed by atoms with Crippen molar-refractivity contribution in [3.63, 3.8) is 0 Å². The standard InChI is InChI=1S/C15H19F2N3O2/c1-9(20-6-4-10(5-7-20)14(18)21)15(22)19-13-3-2-11(16)8-12(13)17/h2-3,8-10H,4-7H2,1H3,(H2,18,21)(H,19,22)/p+1/t9-/m0/s1. The van der Waals surface area contributed by atoms with Crippen LogP contribution >= 0.6 is 0 Å². The number of amides is 2. The molecular formula is C15H20F2N3O2+. The van der Waals surface area contributed by atoms with Gasteiger partial charge in [-0.15, -0.1) is 0 Å². The Bertz CT molecular complexity index is 572. The highest BCUT2D eigenvalue weighted by molar-refractivity contribution is 5.93. The highest BCUT2D eigenvalue weighted by Gasteiger charge is 2.32. The third-order valence-corrected chi connectivity index (χ3v) is 4.22. The summed E-state index contributed by atoms with van der Waals surface area (Å²) in [6.45, 7) is 3.07. The zero-order valence-corrected chi connectivity index (χ0v) is 12.4. The number of nitrogens with one attached hydrogen (secondary N) is 2. The number of likely N-dealkylation sites (tertiary alicyclic amines) is 1. The molecule has 1 atom stereocenters. The molecule has 0 aliphatic carbocycles. The second-order valence-electron chi connectivity index (χ2n) is 5.67. The maximum Gasteiger partial charge on any atom is 0.282 e. The normalized spacial score (nSPS) is 22.9. The molecule has 0 saturated carbocycles. The van der Waals surface area contributed by atoms with Gasteiger partial charge in [-0.05, 0) is 19.1 Å². The number of primary amides is 1. The van der Waals surface area contributed by atoms with Gasteiger partial charge in [0.25, 0.3) is 5.91 Å². The van der Waals surface area contributed by atoms with E-state index in [4.69, 9.17) is 5.73 Å².